The van der Waals surface area contributed by atoms with Crippen molar-refractivity contribution in [2.24, 2.45) is 5.10 Å². The molecule has 0 bridgehead atoms. The standard InChI is InChI=1S/C15H11Cl2N3S/c1-9(11-8-21-14-5-3-2-4-10(11)14)19-20-15-12(16)6-18-7-13(15)17/h2-8H,1H3,(H,18,20)/b19-9+. The zero-order valence-electron chi connectivity index (χ0n) is 11.1. The molecule has 3 aromatic rings. The molecule has 106 valence electrons. The Bertz CT molecular complexity index is 806. The molecule has 6 heteroatoms. The Kier molecular flexibility index (Phi) is 4.10. The van der Waals surface area contributed by atoms with Gasteiger partial charge < -0.3 is 0 Å². The van der Waals surface area contributed by atoms with Crippen molar-refractivity contribution in [3.8, 4) is 0 Å². The van der Waals surface area contributed by atoms with Gasteiger partial charge in [-0.2, -0.15) is 5.10 Å². The summed E-state index contributed by atoms with van der Waals surface area (Å²) in [6.07, 6.45) is 3.06. The zero-order chi connectivity index (χ0) is 14.8. The van der Waals surface area contributed by atoms with E-state index in [9.17, 15) is 0 Å². The Morgan fingerprint density at radius 2 is 1.90 bits per heavy atom. The van der Waals surface area contributed by atoms with Crippen molar-refractivity contribution in [2.45, 2.75) is 6.92 Å². The molecule has 3 rings (SSSR count). The molecule has 2 aromatic heterocycles. The van der Waals surface area contributed by atoms with E-state index in [1.807, 2.05) is 19.1 Å². The summed E-state index contributed by atoms with van der Waals surface area (Å²) in [5.41, 5.74) is 5.46. The van der Waals surface area contributed by atoms with Crippen LogP contribution < -0.4 is 5.43 Å². The first-order valence-electron chi connectivity index (χ1n) is 6.22. The van der Waals surface area contributed by atoms with Gasteiger partial charge in [-0.1, -0.05) is 41.4 Å². The number of hydrogen-bond donors (Lipinski definition) is 1. The zero-order valence-corrected chi connectivity index (χ0v) is 13.4. The first-order chi connectivity index (χ1) is 10.2. The molecule has 0 atom stereocenters. The number of pyridine rings is 1. The van der Waals surface area contributed by atoms with Crippen molar-refractivity contribution < 1.29 is 0 Å². The summed E-state index contributed by atoms with van der Waals surface area (Å²) in [7, 11) is 0. The molecule has 0 radical (unpaired) electrons. The van der Waals surface area contributed by atoms with Crippen LogP contribution in [-0.2, 0) is 0 Å². The van der Waals surface area contributed by atoms with Gasteiger partial charge in [-0.05, 0) is 13.0 Å². The maximum absolute atomic E-state index is 6.06. The van der Waals surface area contributed by atoms with Crippen LogP contribution in [0.1, 0.15) is 12.5 Å². The second kappa shape index (κ2) is 6.02. The predicted molar refractivity (Wildman–Crippen MR) is 91.9 cm³/mol. The molecule has 0 amide bonds. The largest absolute Gasteiger partial charge is 0.275 e. The number of fused-ring (bicyclic) bond motifs is 1. The van der Waals surface area contributed by atoms with Crippen LogP contribution in [-0.4, -0.2) is 10.7 Å². The fourth-order valence-corrected chi connectivity index (χ4v) is 3.43. The maximum atomic E-state index is 6.06. The van der Waals surface area contributed by atoms with Crippen LogP contribution in [0.5, 0.6) is 0 Å². The van der Waals surface area contributed by atoms with E-state index in [0.29, 0.717) is 15.7 Å². The van der Waals surface area contributed by atoms with Crippen LogP contribution in [0, 0.1) is 0 Å². The van der Waals surface area contributed by atoms with E-state index >= 15 is 0 Å². The molecule has 0 spiro atoms. The molecule has 2 heterocycles. The summed E-state index contributed by atoms with van der Waals surface area (Å²) >= 11 is 13.8. The van der Waals surface area contributed by atoms with E-state index < -0.39 is 0 Å². The summed E-state index contributed by atoms with van der Waals surface area (Å²) in [4.78, 5) is 3.91. The summed E-state index contributed by atoms with van der Waals surface area (Å²) in [5.74, 6) is 0. The summed E-state index contributed by atoms with van der Waals surface area (Å²) in [6, 6.07) is 8.24. The molecule has 3 nitrogen and oxygen atoms in total. The number of nitrogens with one attached hydrogen (secondary N) is 1. The van der Waals surface area contributed by atoms with Gasteiger partial charge in [0.1, 0.15) is 0 Å². The Morgan fingerprint density at radius 1 is 1.19 bits per heavy atom. The highest BCUT2D eigenvalue weighted by Gasteiger charge is 2.08. The molecule has 0 aliphatic heterocycles. The summed E-state index contributed by atoms with van der Waals surface area (Å²) < 4.78 is 1.24. The fourth-order valence-electron chi connectivity index (χ4n) is 1.98. The van der Waals surface area contributed by atoms with Crippen LogP contribution in [0.4, 0.5) is 5.69 Å². The third-order valence-corrected chi connectivity index (χ3v) is 4.60. The van der Waals surface area contributed by atoms with Gasteiger partial charge in [0, 0.05) is 33.4 Å². The van der Waals surface area contributed by atoms with Crippen molar-refractivity contribution in [3.63, 3.8) is 0 Å². The third-order valence-electron chi connectivity index (χ3n) is 3.06. The lowest BCUT2D eigenvalue weighted by Crippen LogP contribution is -2.00. The minimum atomic E-state index is 0.439. The quantitative estimate of drug-likeness (QED) is 0.511. The molecular weight excluding hydrogens is 325 g/mol. The van der Waals surface area contributed by atoms with Crippen molar-refractivity contribution in [2.75, 3.05) is 5.43 Å². The molecule has 21 heavy (non-hydrogen) atoms. The fraction of sp³-hybridized carbons (Fsp3) is 0.0667. The van der Waals surface area contributed by atoms with Crippen LogP contribution in [0.25, 0.3) is 10.1 Å². The number of nitrogens with zero attached hydrogens (tertiary/aromatic N) is 2. The first kappa shape index (κ1) is 14.3. The Balaban J connectivity index is 1.93. The van der Waals surface area contributed by atoms with Crippen molar-refractivity contribution in [3.05, 3.63) is 57.6 Å². The van der Waals surface area contributed by atoms with Crippen LogP contribution in [0.2, 0.25) is 10.0 Å². The summed E-state index contributed by atoms with van der Waals surface area (Å²) in [5, 5.41) is 8.55. The van der Waals surface area contributed by atoms with Gasteiger partial charge in [-0.25, -0.2) is 0 Å². The second-order valence-corrected chi connectivity index (χ2v) is 6.16. The average molecular weight is 336 g/mol. The lowest BCUT2D eigenvalue weighted by Gasteiger charge is -2.06. The number of aromatic nitrogens is 1. The molecule has 0 aliphatic rings. The van der Waals surface area contributed by atoms with Crippen LogP contribution in [0.3, 0.4) is 0 Å². The Morgan fingerprint density at radius 3 is 2.67 bits per heavy atom. The van der Waals surface area contributed by atoms with E-state index in [2.05, 4.69) is 33.0 Å². The maximum Gasteiger partial charge on any atom is 0.0965 e. The van der Waals surface area contributed by atoms with Crippen LogP contribution >= 0.6 is 34.5 Å². The van der Waals surface area contributed by atoms with Crippen LogP contribution in [0.15, 0.2) is 47.1 Å². The topological polar surface area (TPSA) is 37.3 Å². The highest BCUT2D eigenvalue weighted by atomic mass is 35.5. The normalized spacial score (nSPS) is 11.9. The van der Waals surface area contributed by atoms with E-state index in [1.165, 1.54) is 22.5 Å². The predicted octanol–water partition coefficient (Wildman–Crippen LogP) is 5.44. The molecule has 1 N–H and O–H groups in total. The second-order valence-electron chi connectivity index (χ2n) is 4.43. The number of anilines is 1. The van der Waals surface area contributed by atoms with Gasteiger partial charge in [-0.15, -0.1) is 11.3 Å². The number of hydrazone groups is 1. The lowest BCUT2D eigenvalue weighted by atomic mass is 10.1. The SMILES string of the molecule is C/C(=N\Nc1c(Cl)cncc1Cl)c1csc2ccccc12. The molecular formula is C15H11Cl2N3S. The minimum Gasteiger partial charge on any atom is -0.275 e. The van der Waals surface area contributed by atoms with Crippen molar-refractivity contribution >= 4 is 56.0 Å². The molecule has 0 unspecified atom stereocenters. The molecule has 0 fully saturated rings. The van der Waals surface area contributed by atoms with E-state index in [0.717, 1.165) is 11.3 Å². The van der Waals surface area contributed by atoms with Gasteiger partial charge in [0.2, 0.25) is 0 Å². The number of rotatable bonds is 3. The monoisotopic (exact) mass is 335 g/mol. The third kappa shape index (κ3) is 2.88. The minimum absolute atomic E-state index is 0.439. The number of benzene rings is 1. The highest BCUT2D eigenvalue weighted by Crippen LogP contribution is 2.29. The lowest BCUT2D eigenvalue weighted by molar-refractivity contribution is 1.27. The molecule has 1 aromatic carbocycles. The van der Waals surface area contributed by atoms with Gasteiger partial charge >= 0.3 is 0 Å². The molecule has 0 saturated heterocycles. The highest BCUT2D eigenvalue weighted by molar-refractivity contribution is 7.17. The van der Waals surface area contributed by atoms with E-state index in [4.69, 9.17) is 23.2 Å². The molecule has 0 saturated carbocycles. The van der Waals surface area contributed by atoms with E-state index in [1.54, 1.807) is 11.3 Å². The van der Waals surface area contributed by atoms with E-state index in [-0.39, 0.29) is 0 Å². The Labute approximate surface area is 136 Å². The van der Waals surface area contributed by atoms with Gasteiger partial charge in [0.25, 0.3) is 0 Å². The first-order valence-corrected chi connectivity index (χ1v) is 7.86. The van der Waals surface area contributed by atoms with Crippen molar-refractivity contribution in [1.82, 2.24) is 4.98 Å². The number of halogens is 2. The average Bonchev–Trinajstić information content (AvgIpc) is 2.90. The number of hydrogen-bond acceptors (Lipinski definition) is 4. The molecule has 0 aliphatic carbocycles. The Hall–Kier alpha value is -1.62. The summed E-state index contributed by atoms with van der Waals surface area (Å²) in [6.45, 7) is 1.95. The van der Waals surface area contributed by atoms with Gasteiger partial charge in [0.15, 0.2) is 0 Å². The smallest absolute Gasteiger partial charge is 0.0965 e. The number of thiophene rings is 1. The van der Waals surface area contributed by atoms with Gasteiger partial charge in [0.05, 0.1) is 21.4 Å². The van der Waals surface area contributed by atoms with Gasteiger partial charge in [-0.3, -0.25) is 10.4 Å². The van der Waals surface area contributed by atoms with Crippen molar-refractivity contribution in [1.29, 1.82) is 0 Å².